The fourth-order valence-corrected chi connectivity index (χ4v) is 2.48. The summed E-state index contributed by atoms with van der Waals surface area (Å²) in [7, 11) is 0. The number of amides is 2. The highest BCUT2D eigenvalue weighted by atomic mass is 16.2. The molecule has 1 aliphatic rings. The summed E-state index contributed by atoms with van der Waals surface area (Å²) >= 11 is 0. The van der Waals surface area contributed by atoms with Crippen LogP contribution in [0.3, 0.4) is 0 Å². The second-order valence-corrected chi connectivity index (χ2v) is 5.26. The van der Waals surface area contributed by atoms with Crippen molar-refractivity contribution in [3.05, 3.63) is 0 Å². The lowest BCUT2D eigenvalue weighted by Crippen LogP contribution is -2.43. The normalized spacial score (nSPS) is 18.2. The standard InChI is InChI=1S/C14H27N3O2/c1-3-11(10-15)9-13(18)17-7-5-12(6-8-17)14(19)16-4-2/h11-12H,3-10,15H2,1-2H3,(H,16,19). The lowest BCUT2D eigenvalue weighted by molar-refractivity contribution is -0.136. The van der Waals surface area contributed by atoms with Crippen molar-refractivity contribution in [1.82, 2.24) is 10.2 Å². The summed E-state index contributed by atoms with van der Waals surface area (Å²) in [6, 6.07) is 0. The van der Waals surface area contributed by atoms with Gasteiger partial charge in [-0.1, -0.05) is 13.3 Å². The number of nitrogens with one attached hydrogen (secondary N) is 1. The van der Waals surface area contributed by atoms with Crippen molar-refractivity contribution in [2.45, 2.75) is 39.5 Å². The van der Waals surface area contributed by atoms with Gasteiger partial charge in [0, 0.05) is 32.0 Å². The van der Waals surface area contributed by atoms with Crippen molar-refractivity contribution in [3.63, 3.8) is 0 Å². The molecule has 1 atom stereocenters. The quantitative estimate of drug-likeness (QED) is 0.746. The minimum atomic E-state index is 0.0699. The van der Waals surface area contributed by atoms with Gasteiger partial charge < -0.3 is 16.0 Å². The lowest BCUT2D eigenvalue weighted by atomic mass is 9.94. The van der Waals surface area contributed by atoms with Crippen LogP contribution in [0.5, 0.6) is 0 Å². The second kappa shape index (κ2) is 8.15. The molecule has 0 aromatic carbocycles. The van der Waals surface area contributed by atoms with Gasteiger partial charge in [-0.05, 0) is 32.2 Å². The molecule has 0 saturated carbocycles. The summed E-state index contributed by atoms with van der Waals surface area (Å²) < 4.78 is 0. The van der Waals surface area contributed by atoms with Gasteiger partial charge in [-0.15, -0.1) is 0 Å². The molecule has 0 radical (unpaired) electrons. The minimum absolute atomic E-state index is 0.0699. The topological polar surface area (TPSA) is 75.4 Å². The summed E-state index contributed by atoms with van der Waals surface area (Å²) in [6.07, 6.45) is 3.03. The Morgan fingerprint density at radius 2 is 1.95 bits per heavy atom. The molecular formula is C14H27N3O2. The molecule has 0 aromatic heterocycles. The van der Waals surface area contributed by atoms with Crippen LogP contribution in [-0.2, 0) is 9.59 Å². The Morgan fingerprint density at radius 3 is 2.42 bits per heavy atom. The highest BCUT2D eigenvalue weighted by molar-refractivity contribution is 5.80. The van der Waals surface area contributed by atoms with Crippen LogP contribution < -0.4 is 11.1 Å². The number of nitrogens with zero attached hydrogens (tertiary/aromatic N) is 1. The first-order chi connectivity index (χ1) is 9.12. The van der Waals surface area contributed by atoms with E-state index in [1.165, 1.54) is 0 Å². The van der Waals surface area contributed by atoms with Crippen LogP contribution in [0.25, 0.3) is 0 Å². The molecule has 0 bridgehead atoms. The Bertz CT molecular complexity index is 295. The monoisotopic (exact) mass is 269 g/mol. The molecule has 110 valence electrons. The maximum atomic E-state index is 12.1. The van der Waals surface area contributed by atoms with Crippen LogP contribution in [0, 0.1) is 11.8 Å². The fourth-order valence-electron chi connectivity index (χ4n) is 2.48. The van der Waals surface area contributed by atoms with Crippen LogP contribution in [0.1, 0.15) is 39.5 Å². The van der Waals surface area contributed by atoms with E-state index in [1.54, 1.807) is 0 Å². The lowest BCUT2D eigenvalue weighted by Gasteiger charge is -2.32. The predicted octanol–water partition coefficient (Wildman–Crippen LogP) is 0.736. The molecule has 0 aliphatic carbocycles. The first-order valence-corrected chi connectivity index (χ1v) is 7.37. The SMILES string of the molecule is CCNC(=O)C1CCN(C(=O)CC(CC)CN)CC1. The summed E-state index contributed by atoms with van der Waals surface area (Å²) in [5.41, 5.74) is 5.63. The molecule has 0 aromatic rings. The molecule has 3 N–H and O–H groups in total. The highest BCUT2D eigenvalue weighted by Crippen LogP contribution is 2.19. The molecule has 1 heterocycles. The van der Waals surface area contributed by atoms with E-state index in [-0.39, 0.29) is 23.7 Å². The number of carbonyl (C=O) groups excluding carboxylic acids is 2. The van der Waals surface area contributed by atoms with Crippen molar-refractivity contribution in [2.24, 2.45) is 17.6 Å². The number of rotatable bonds is 6. The number of hydrogen-bond donors (Lipinski definition) is 2. The molecule has 5 heteroatoms. The van der Waals surface area contributed by atoms with Gasteiger partial charge in [0.05, 0.1) is 0 Å². The average Bonchev–Trinajstić information content (AvgIpc) is 2.45. The van der Waals surface area contributed by atoms with Crippen molar-refractivity contribution in [2.75, 3.05) is 26.2 Å². The zero-order valence-electron chi connectivity index (χ0n) is 12.2. The van der Waals surface area contributed by atoms with Crippen molar-refractivity contribution >= 4 is 11.8 Å². The molecular weight excluding hydrogens is 242 g/mol. The largest absolute Gasteiger partial charge is 0.356 e. The minimum Gasteiger partial charge on any atom is -0.356 e. The zero-order chi connectivity index (χ0) is 14.3. The van der Waals surface area contributed by atoms with E-state index < -0.39 is 0 Å². The summed E-state index contributed by atoms with van der Waals surface area (Å²) in [5, 5.41) is 2.85. The van der Waals surface area contributed by atoms with Gasteiger partial charge in [-0.25, -0.2) is 0 Å². The van der Waals surface area contributed by atoms with Crippen molar-refractivity contribution in [1.29, 1.82) is 0 Å². The van der Waals surface area contributed by atoms with E-state index in [0.717, 1.165) is 19.3 Å². The van der Waals surface area contributed by atoms with Crippen LogP contribution in [0.2, 0.25) is 0 Å². The van der Waals surface area contributed by atoms with E-state index in [9.17, 15) is 9.59 Å². The summed E-state index contributed by atoms with van der Waals surface area (Å²) in [6.45, 7) is 6.62. The fraction of sp³-hybridized carbons (Fsp3) is 0.857. The van der Waals surface area contributed by atoms with Gasteiger partial charge >= 0.3 is 0 Å². The van der Waals surface area contributed by atoms with Crippen molar-refractivity contribution in [3.8, 4) is 0 Å². The Hall–Kier alpha value is -1.10. The molecule has 1 rings (SSSR count). The van der Waals surface area contributed by atoms with Gasteiger partial charge in [0.2, 0.25) is 11.8 Å². The van der Waals surface area contributed by atoms with E-state index in [1.807, 2.05) is 11.8 Å². The van der Waals surface area contributed by atoms with E-state index in [2.05, 4.69) is 12.2 Å². The van der Waals surface area contributed by atoms with Crippen LogP contribution in [-0.4, -0.2) is 42.9 Å². The van der Waals surface area contributed by atoms with Gasteiger partial charge in [0.25, 0.3) is 0 Å². The summed E-state index contributed by atoms with van der Waals surface area (Å²) in [4.78, 5) is 25.7. The maximum absolute atomic E-state index is 12.1. The van der Waals surface area contributed by atoms with Crippen LogP contribution >= 0.6 is 0 Å². The van der Waals surface area contributed by atoms with Gasteiger partial charge in [-0.3, -0.25) is 9.59 Å². The number of carbonyl (C=O) groups is 2. The second-order valence-electron chi connectivity index (χ2n) is 5.26. The maximum Gasteiger partial charge on any atom is 0.223 e. The van der Waals surface area contributed by atoms with Crippen LogP contribution in [0.15, 0.2) is 0 Å². The van der Waals surface area contributed by atoms with Gasteiger partial charge in [-0.2, -0.15) is 0 Å². The Kier molecular flexibility index (Phi) is 6.84. The zero-order valence-corrected chi connectivity index (χ0v) is 12.2. The van der Waals surface area contributed by atoms with Crippen molar-refractivity contribution < 1.29 is 9.59 Å². The van der Waals surface area contributed by atoms with E-state index in [0.29, 0.717) is 32.6 Å². The van der Waals surface area contributed by atoms with Gasteiger partial charge in [0.1, 0.15) is 0 Å². The molecule has 1 unspecified atom stereocenters. The smallest absolute Gasteiger partial charge is 0.223 e. The first kappa shape index (κ1) is 16.0. The number of nitrogens with two attached hydrogens (primary N) is 1. The first-order valence-electron chi connectivity index (χ1n) is 7.37. The van der Waals surface area contributed by atoms with E-state index >= 15 is 0 Å². The summed E-state index contributed by atoms with van der Waals surface area (Å²) in [5.74, 6) is 0.670. The molecule has 1 aliphatic heterocycles. The molecule has 0 spiro atoms. The average molecular weight is 269 g/mol. The van der Waals surface area contributed by atoms with Gasteiger partial charge in [0.15, 0.2) is 0 Å². The third-order valence-electron chi connectivity index (χ3n) is 3.94. The highest BCUT2D eigenvalue weighted by Gasteiger charge is 2.27. The van der Waals surface area contributed by atoms with Crippen LogP contribution in [0.4, 0.5) is 0 Å². The Labute approximate surface area is 115 Å². The number of hydrogen-bond acceptors (Lipinski definition) is 3. The third kappa shape index (κ3) is 4.82. The Balaban J connectivity index is 2.36. The Morgan fingerprint density at radius 1 is 1.32 bits per heavy atom. The molecule has 1 fully saturated rings. The van der Waals surface area contributed by atoms with E-state index in [4.69, 9.17) is 5.73 Å². The predicted molar refractivity (Wildman–Crippen MR) is 75.4 cm³/mol. The molecule has 1 saturated heterocycles. The number of likely N-dealkylation sites (tertiary alicyclic amines) is 1. The third-order valence-corrected chi connectivity index (χ3v) is 3.94. The molecule has 5 nitrogen and oxygen atoms in total. The molecule has 2 amide bonds. The molecule has 19 heavy (non-hydrogen) atoms. The number of piperidine rings is 1.